The summed E-state index contributed by atoms with van der Waals surface area (Å²) in [6, 6.07) is 8.10. The summed E-state index contributed by atoms with van der Waals surface area (Å²) in [6.07, 6.45) is 4.46. The monoisotopic (exact) mass is 289 g/mol. The van der Waals surface area contributed by atoms with E-state index >= 15 is 0 Å². The van der Waals surface area contributed by atoms with Gasteiger partial charge in [0.2, 0.25) is 0 Å². The molecule has 2 nitrogen and oxygen atoms in total. The van der Waals surface area contributed by atoms with Gasteiger partial charge in [-0.1, -0.05) is 22.0 Å². The maximum absolute atomic E-state index is 11.7. The number of carbonyl (C=O) groups excluding carboxylic acids is 1. The van der Waals surface area contributed by atoms with E-state index in [4.69, 9.17) is 0 Å². The van der Waals surface area contributed by atoms with Gasteiger partial charge in [-0.25, -0.2) is 0 Å². The van der Waals surface area contributed by atoms with E-state index in [1.54, 1.807) is 0 Å². The number of ketones is 1. The molecule has 0 bridgehead atoms. The molecule has 3 heteroatoms. The number of rotatable bonds is 3. The molecule has 1 aromatic carbocycles. The highest BCUT2D eigenvalue weighted by Gasteiger charge is 2.29. The largest absolute Gasteiger partial charge is 0.299 e. The van der Waals surface area contributed by atoms with E-state index in [0.29, 0.717) is 18.1 Å². The Morgan fingerprint density at radius 3 is 2.88 bits per heavy atom. The van der Waals surface area contributed by atoms with Crippen molar-refractivity contribution in [1.82, 2.24) is 4.98 Å². The van der Waals surface area contributed by atoms with E-state index in [-0.39, 0.29) is 0 Å². The molecule has 1 aliphatic rings. The number of Topliss-reactive ketones (excluding diaryl/α,β-unsaturated/α-hetero) is 1. The predicted octanol–water partition coefficient (Wildman–Crippen LogP) is 3.52. The van der Waals surface area contributed by atoms with Gasteiger partial charge >= 0.3 is 0 Å². The molecule has 0 aliphatic heterocycles. The molecule has 1 fully saturated rings. The second kappa shape index (κ2) is 4.22. The normalized spacial score (nSPS) is 15.1. The maximum Gasteiger partial charge on any atom is 0.141 e. The van der Waals surface area contributed by atoms with Gasteiger partial charge in [0.25, 0.3) is 0 Å². The van der Waals surface area contributed by atoms with Crippen LogP contribution in [0, 0.1) is 5.92 Å². The van der Waals surface area contributed by atoms with Crippen molar-refractivity contribution in [2.45, 2.75) is 19.3 Å². The van der Waals surface area contributed by atoms with Crippen molar-refractivity contribution in [1.29, 1.82) is 0 Å². The van der Waals surface area contributed by atoms with Crippen LogP contribution in [0.25, 0.3) is 10.8 Å². The summed E-state index contributed by atoms with van der Waals surface area (Å²) in [5.74, 6) is 0.654. The zero-order valence-electron chi connectivity index (χ0n) is 9.32. The van der Waals surface area contributed by atoms with Crippen LogP contribution in [0.5, 0.6) is 0 Å². The summed E-state index contributed by atoms with van der Waals surface area (Å²) < 4.78 is 1.05. The Bertz CT molecular complexity index is 590. The van der Waals surface area contributed by atoms with Gasteiger partial charge < -0.3 is 0 Å². The van der Waals surface area contributed by atoms with Crippen LogP contribution in [0.4, 0.5) is 0 Å². The fourth-order valence-corrected chi connectivity index (χ4v) is 2.36. The van der Waals surface area contributed by atoms with E-state index < -0.39 is 0 Å². The third-order valence-corrected chi connectivity index (χ3v) is 3.62. The van der Waals surface area contributed by atoms with Crippen LogP contribution in [0.1, 0.15) is 18.5 Å². The molecule has 1 heterocycles. The van der Waals surface area contributed by atoms with Crippen LogP contribution < -0.4 is 0 Å². The number of hydrogen-bond donors (Lipinski definition) is 0. The highest BCUT2D eigenvalue weighted by Crippen LogP contribution is 2.31. The molecule has 17 heavy (non-hydrogen) atoms. The van der Waals surface area contributed by atoms with Crippen LogP contribution in [0.2, 0.25) is 0 Å². The quantitative estimate of drug-likeness (QED) is 0.865. The van der Waals surface area contributed by atoms with Crippen LogP contribution in [0.3, 0.4) is 0 Å². The topological polar surface area (TPSA) is 30.0 Å². The van der Waals surface area contributed by atoms with Gasteiger partial charge in [-0.2, -0.15) is 0 Å². The molecule has 1 saturated carbocycles. The Hall–Kier alpha value is -1.22. The lowest BCUT2D eigenvalue weighted by Crippen LogP contribution is -2.05. The van der Waals surface area contributed by atoms with Crippen molar-refractivity contribution in [3.05, 3.63) is 40.6 Å². The third-order valence-electron chi connectivity index (χ3n) is 3.13. The minimum Gasteiger partial charge on any atom is -0.299 e. The second-order valence-electron chi connectivity index (χ2n) is 4.58. The fourth-order valence-electron chi connectivity index (χ4n) is 1.98. The average molecular weight is 290 g/mol. The van der Waals surface area contributed by atoms with E-state index in [1.165, 1.54) is 0 Å². The summed E-state index contributed by atoms with van der Waals surface area (Å²) in [7, 11) is 0. The molecule has 2 aromatic rings. The van der Waals surface area contributed by atoms with Crippen molar-refractivity contribution in [2.24, 2.45) is 5.92 Å². The first-order valence-electron chi connectivity index (χ1n) is 5.79. The lowest BCUT2D eigenvalue weighted by molar-refractivity contribution is -0.119. The highest BCUT2D eigenvalue weighted by molar-refractivity contribution is 9.10. The van der Waals surface area contributed by atoms with Crippen LogP contribution in [-0.2, 0) is 11.2 Å². The van der Waals surface area contributed by atoms with Gasteiger partial charge in [-0.3, -0.25) is 9.78 Å². The number of benzene rings is 1. The van der Waals surface area contributed by atoms with Crippen molar-refractivity contribution in [3.8, 4) is 0 Å². The van der Waals surface area contributed by atoms with Gasteiger partial charge in [0, 0.05) is 34.1 Å². The Balaban J connectivity index is 1.92. The Kier molecular flexibility index (Phi) is 2.71. The smallest absolute Gasteiger partial charge is 0.141 e. The zero-order valence-corrected chi connectivity index (χ0v) is 10.9. The van der Waals surface area contributed by atoms with Crippen molar-refractivity contribution in [2.75, 3.05) is 0 Å². The van der Waals surface area contributed by atoms with Crippen LogP contribution in [-0.4, -0.2) is 10.8 Å². The molecule has 0 unspecified atom stereocenters. The van der Waals surface area contributed by atoms with Gasteiger partial charge in [-0.15, -0.1) is 0 Å². The summed E-state index contributed by atoms with van der Waals surface area (Å²) in [4.78, 5) is 16.1. The summed E-state index contributed by atoms with van der Waals surface area (Å²) in [6.45, 7) is 0. The van der Waals surface area contributed by atoms with E-state index in [2.05, 4.69) is 27.0 Å². The standard InChI is InChI=1S/C14H12BrNO/c15-12-4-3-10-8-16-13(6-11(10)5-12)7-14(17)9-1-2-9/h3-6,8-9H,1-2,7H2. The minimum atomic E-state index is 0.315. The maximum atomic E-state index is 11.7. The molecule has 0 spiro atoms. The van der Waals surface area contributed by atoms with Crippen molar-refractivity contribution < 1.29 is 4.79 Å². The van der Waals surface area contributed by atoms with Gasteiger partial charge in [0.05, 0.1) is 0 Å². The SMILES string of the molecule is O=C(Cc1cc2cc(Br)ccc2cn1)C1CC1. The van der Waals surface area contributed by atoms with Gasteiger partial charge in [-0.05, 0) is 36.4 Å². The van der Waals surface area contributed by atoms with Crippen molar-refractivity contribution in [3.63, 3.8) is 0 Å². The second-order valence-corrected chi connectivity index (χ2v) is 5.50. The number of pyridine rings is 1. The number of carbonyl (C=O) groups is 1. The number of hydrogen-bond acceptors (Lipinski definition) is 2. The minimum absolute atomic E-state index is 0.315. The summed E-state index contributed by atoms with van der Waals surface area (Å²) >= 11 is 3.45. The molecular formula is C14H12BrNO. The molecule has 1 aromatic heterocycles. The van der Waals surface area contributed by atoms with E-state index in [0.717, 1.165) is 33.8 Å². The lowest BCUT2D eigenvalue weighted by Gasteiger charge is -2.02. The first kappa shape index (κ1) is 10.9. The molecule has 86 valence electrons. The molecule has 0 atom stereocenters. The molecule has 3 rings (SSSR count). The summed E-state index contributed by atoms with van der Waals surface area (Å²) in [5.41, 5.74) is 0.882. The average Bonchev–Trinajstić information content (AvgIpc) is 3.12. The van der Waals surface area contributed by atoms with Gasteiger partial charge in [0.1, 0.15) is 5.78 Å². The zero-order chi connectivity index (χ0) is 11.8. The molecule has 0 radical (unpaired) electrons. The van der Waals surface area contributed by atoms with E-state index in [1.807, 2.05) is 24.4 Å². The van der Waals surface area contributed by atoms with Crippen molar-refractivity contribution >= 4 is 32.5 Å². The molecule has 0 saturated heterocycles. The van der Waals surface area contributed by atoms with Crippen LogP contribution in [0.15, 0.2) is 34.9 Å². The molecular weight excluding hydrogens is 278 g/mol. The Morgan fingerprint density at radius 1 is 1.29 bits per heavy atom. The summed E-state index contributed by atoms with van der Waals surface area (Å²) in [5, 5.41) is 2.24. The lowest BCUT2D eigenvalue weighted by atomic mass is 10.1. The number of fused-ring (bicyclic) bond motifs is 1. The predicted molar refractivity (Wildman–Crippen MR) is 70.9 cm³/mol. The first-order valence-corrected chi connectivity index (χ1v) is 6.58. The molecule has 0 N–H and O–H groups in total. The fraction of sp³-hybridized carbons (Fsp3) is 0.286. The highest BCUT2D eigenvalue weighted by atomic mass is 79.9. The number of aromatic nitrogens is 1. The number of halogens is 1. The van der Waals surface area contributed by atoms with Gasteiger partial charge in [0.15, 0.2) is 0 Å². The number of nitrogens with zero attached hydrogens (tertiary/aromatic N) is 1. The van der Waals surface area contributed by atoms with Crippen LogP contribution >= 0.6 is 15.9 Å². The molecule has 0 amide bonds. The Labute approximate surface area is 108 Å². The van der Waals surface area contributed by atoms with E-state index in [9.17, 15) is 4.79 Å². The Morgan fingerprint density at radius 2 is 2.12 bits per heavy atom. The molecule has 1 aliphatic carbocycles. The third kappa shape index (κ3) is 2.39. The first-order chi connectivity index (χ1) is 8.22.